The van der Waals surface area contributed by atoms with E-state index in [1.165, 1.54) is 5.39 Å². The zero-order chi connectivity index (χ0) is 19.3. The van der Waals surface area contributed by atoms with Gasteiger partial charge in [0.25, 0.3) is 5.91 Å². The average Bonchev–Trinajstić information content (AvgIpc) is 3.20. The zero-order valence-electron chi connectivity index (χ0n) is 15.5. The third-order valence-corrected chi connectivity index (χ3v) is 4.51. The fourth-order valence-corrected chi connectivity index (χ4v) is 2.98. The van der Waals surface area contributed by atoms with E-state index in [9.17, 15) is 4.79 Å². The van der Waals surface area contributed by atoms with E-state index in [0.717, 1.165) is 16.5 Å². The third kappa shape index (κ3) is 4.04. The Morgan fingerprint density at radius 1 is 1.00 bits per heavy atom. The normalized spacial score (nSPS) is 10.8. The smallest absolute Gasteiger partial charge is 0.258 e. The molecule has 0 aliphatic heterocycles. The lowest BCUT2D eigenvalue weighted by Gasteiger charge is -2.08. The lowest BCUT2D eigenvalue weighted by atomic mass is 10.1. The molecule has 28 heavy (non-hydrogen) atoms. The molecule has 0 fully saturated rings. The van der Waals surface area contributed by atoms with Crippen LogP contribution in [0.2, 0.25) is 0 Å². The number of hydrogen-bond donors (Lipinski definition) is 1. The van der Waals surface area contributed by atoms with Gasteiger partial charge in [0.15, 0.2) is 12.4 Å². The highest BCUT2D eigenvalue weighted by molar-refractivity contribution is 5.86. The molecule has 0 spiro atoms. The summed E-state index contributed by atoms with van der Waals surface area (Å²) in [5, 5.41) is 9.15. The van der Waals surface area contributed by atoms with Gasteiger partial charge in [-0.1, -0.05) is 59.8 Å². The van der Waals surface area contributed by atoms with Gasteiger partial charge in [-0.2, -0.15) is 0 Å². The van der Waals surface area contributed by atoms with E-state index in [2.05, 4.69) is 34.7 Å². The molecule has 0 saturated heterocycles. The fourth-order valence-electron chi connectivity index (χ4n) is 2.98. The predicted octanol–water partition coefficient (Wildman–Crippen LogP) is 4.50. The SMILES string of the molecule is Cc1ccccc1OCC(=O)NCc1cc(-c2ccc3ccccc3c2)on1. The van der Waals surface area contributed by atoms with Crippen molar-refractivity contribution >= 4 is 16.7 Å². The third-order valence-electron chi connectivity index (χ3n) is 4.51. The van der Waals surface area contributed by atoms with Crippen LogP contribution in [-0.4, -0.2) is 17.7 Å². The van der Waals surface area contributed by atoms with E-state index in [4.69, 9.17) is 9.26 Å². The lowest BCUT2D eigenvalue weighted by molar-refractivity contribution is -0.123. The van der Waals surface area contributed by atoms with Gasteiger partial charge in [-0.3, -0.25) is 4.79 Å². The average molecular weight is 372 g/mol. The van der Waals surface area contributed by atoms with Crippen molar-refractivity contribution in [1.82, 2.24) is 10.5 Å². The van der Waals surface area contributed by atoms with Gasteiger partial charge in [0.2, 0.25) is 0 Å². The number of aryl methyl sites for hydroxylation is 1. The summed E-state index contributed by atoms with van der Waals surface area (Å²) in [4.78, 5) is 12.0. The summed E-state index contributed by atoms with van der Waals surface area (Å²) in [7, 11) is 0. The maximum atomic E-state index is 12.0. The fraction of sp³-hybridized carbons (Fsp3) is 0.130. The molecule has 0 saturated carbocycles. The summed E-state index contributed by atoms with van der Waals surface area (Å²) >= 11 is 0. The molecule has 5 nitrogen and oxygen atoms in total. The number of rotatable bonds is 6. The van der Waals surface area contributed by atoms with Crippen molar-refractivity contribution in [3.63, 3.8) is 0 Å². The Morgan fingerprint density at radius 2 is 1.79 bits per heavy atom. The standard InChI is InChI=1S/C23H20N2O3/c1-16-6-2-5-9-21(16)27-15-23(26)24-14-20-13-22(28-25-20)19-11-10-17-7-3-4-8-18(17)12-19/h2-13H,14-15H2,1H3,(H,24,26). The van der Waals surface area contributed by atoms with Gasteiger partial charge in [0.1, 0.15) is 11.4 Å². The molecule has 1 aromatic heterocycles. The largest absolute Gasteiger partial charge is 0.484 e. The molecule has 0 radical (unpaired) electrons. The van der Waals surface area contributed by atoms with Crippen LogP contribution in [0.1, 0.15) is 11.3 Å². The van der Waals surface area contributed by atoms with E-state index in [1.54, 1.807) is 0 Å². The maximum absolute atomic E-state index is 12.0. The minimum atomic E-state index is -0.210. The Kier molecular flexibility index (Phi) is 5.06. The summed E-state index contributed by atoms with van der Waals surface area (Å²) in [5.74, 6) is 1.17. The first-order chi connectivity index (χ1) is 13.7. The topological polar surface area (TPSA) is 64.4 Å². The molecular weight excluding hydrogens is 352 g/mol. The quantitative estimate of drug-likeness (QED) is 0.541. The van der Waals surface area contributed by atoms with Gasteiger partial charge in [-0.15, -0.1) is 0 Å². The number of carbonyl (C=O) groups is 1. The molecule has 140 valence electrons. The first kappa shape index (κ1) is 17.8. The number of ether oxygens (including phenoxy) is 1. The van der Waals surface area contributed by atoms with Gasteiger partial charge >= 0.3 is 0 Å². The summed E-state index contributed by atoms with van der Waals surface area (Å²) in [6.45, 7) is 2.18. The molecule has 0 unspecified atom stereocenters. The second-order valence-electron chi connectivity index (χ2n) is 6.58. The van der Waals surface area contributed by atoms with Crippen molar-refractivity contribution < 1.29 is 14.1 Å². The number of nitrogens with zero attached hydrogens (tertiary/aromatic N) is 1. The Morgan fingerprint density at radius 3 is 2.64 bits per heavy atom. The van der Waals surface area contributed by atoms with Crippen LogP contribution in [0.4, 0.5) is 0 Å². The molecule has 0 bridgehead atoms. The van der Waals surface area contributed by atoms with Crippen LogP contribution in [0.3, 0.4) is 0 Å². The van der Waals surface area contributed by atoms with Gasteiger partial charge < -0.3 is 14.6 Å². The first-order valence-corrected chi connectivity index (χ1v) is 9.09. The highest BCUT2D eigenvalue weighted by atomic mass is 16.5. The number of carbonyl (C=O) groups excluding carboxylic acids is 1. The van der Waals surface area contributed by atoms with Crippen molar-refractivity contribution in [1.29, 1.82) is 0 Å². The van der Waals surface area contributed by atoms with Crippen molar-refractivity contribution in [2.45, 2.75) is 13.5 Å². The van der Waals surface area contributed by atoms with Crippen molar-refractivity contribution in [3.8, 4) is 17.1 Å². The number of benzene rings is 3. The van der Waals surface area contributed by atoms with Crippen LogP contribution in [0.5, 0.6) is 5.75 Å². The van der Waals surface area contributed by atoms with Crippen LogP contribution in [-0.2, 0) is 11.3 Å². The van der Waals surface area contributed by atoms with Crippen LogP contribution in [0.25, 0.3) is 22.1 Å². The number of nitrogens with one attached hydrogen (secondary N) is 1. The summed E-state index contributed by atoms with van der Waals surface area (Å²) in [5.41, 5.74) is 2.60. The second-order valence-corrected chi connectivity index (χ2v) is 6.58. The predicted molar refractivity (Wildman–Crippen MR) is 108 cm³/mol. The van der Waals surface area contributed by atoms with Crippen molar-refractivity contribution in [2.75, 3.05) is 6.61 Å². The molecule has 5 heteroatoms. The Labute approximate surface area is 162 Å². The second kappa shape index (κ2) is 7.96. The van der Waals surface area contributed by atoms with E-state index < -0.39 is 0 Å². The zero-order valence-corrected chi connectivity index (χ0v) is 15.5. The molecule has 1 N–H and O–H groups in total. The summed E-state index contributed by atoms with van der Waals surface area (Å²) < 4.78 is 11.0. The minimum Gasteiger partial charge on any atom is -0.484 e. The molecule has 3 aromatic carbocycles. The molecule has 1 amide bonds. The maximum Gasteiger partial charge on any atom is 0.258 e. The van der Waals surface area contributed by atoms with Gasteiger partial charge in [0, 0.05) is 11.6 Å². The van der Waals surface area contributed by atoms with Crippen molar-refractivity contribution in [3.05, 3.63) is 84.1 Å². The van der Waals surface area contributed by atoms with E-state index in [1.807, 2.05) is 55.5 Å². The first-order valence-electron chi connectivity index (χ1n) is 9.09. The molecule has 4 rings (SSSR count). The van der Waals surface area contributed by atoms with Gasteiger partial charge in [0.05, 0.1) is 6.54 Å². The Bertz CT molecular complexity index is 1120. The molecule has 0 aliphatic rings. The molecule has 0 aliphatic carbocycles. The Balaban J connectivity index is 1.35. The number of fused-ring (bicyclic) bond motifs is 1. The summed E-state index contributed by atoms with van der Waals surface area (Å²) in [6, 6.07) is 23.7. The van der Waals surface area contributed by atoms with Crippen LogP contribution < -0.4 is 10.1 Å². The number of aromatic nitrogens is 1. The Hall–Kier alpha value is -3.60. The minimum absolute atomic E-state index is 0.0414. The van der Waals surface area contributed by atoms with E-state index >= 15 is 0 Å². The molecule has 4 aromatic rings. The monoisotopic (exact) mass is 372 g/mol. The number of amides is 1. The molecular formula is C23H20N2O3. The summed E-state index contributed by atoms with van der Waals surface area (Å²) in [6.07, 6.45) is 0. The van der Waals surface area contributed by atoms with Crippen LogP contribution in [0.15, 0.2) is 77.3 Å². The highest BCUT2D eigenvalue weighted by Crippen LogP contribution is 2.25. The van der Waals surface area contributed by atoms with Crippen LogP contribution >= 0.6 is 0 Å². The van der Waals surface area contributed by atoms with Gasteiger partial charge in [-0.25, -0.2) is 0 Å². The molecule has 1 heterocycles. The van der Waals surface area contributed by atoms with Crippen LogP contribution in [0, 0.1) is 6.92 Å². The van der Waals surface area contributed by atoms with Crippen molar-refractivity contribution in [2.24, 2.45) is 0 Å². The number of para-hydroxylation sites is 1. The van der Waals surface area contributed by atoms with E-state index in [0.29, 0.717) is 17.2 Å². The highest BCUT2D eigenvalue weighted by Gasteiger charge is 2.10. The molecule has 0 atom stereocenters. The van der Waals surface area contributed by atoms with Gasteiger partial charge in [-0.05, 0) is 35.4 Å². The van der Waals surface area contributed by atoms with E-state index in [-0.39, 0.29) is 19.1 Å². The number of hydrogen-bond acceptors (Lipinski definition) is 4. The lowest BCUT2D eigenvalue weighted by Crippen LogP contribution is -2.28.